The highest BCUT2D eigenvalue weighted by Crippen LogP contribution is 2.12. The molecule has 1 saturated heterocycles. The molecule has 1 rings (SSSR count). The highest BCUT2D eigenvalue weighted by molar-refractivity contribution is 5.94. The quantitative estimate of drug-likeness (QED) is 0.676. The third kappa shape index (κ3) is 7.07. The number of hydrogen-bond donors (Lipinski definition) is 3. The molecule has 118 valence electrons. The second-order valence-electron chi connectivity index (χ2n) is 4.89. The van der Waals surface area contributed by atoms with Gasteiger partial charge in [0.1, 0.15) is 0 Å². The molecule has 3 N–H and O–H groups in total. The van der Waals surface area contributed by atoms with E-state index in [0.29, 0.717) is 12.5 Å². The molecule has 0 unspecified atom stereocenters. The molecule has 1 heterocycles. The van der Waals surface area contributed by atoms with E-state index in [1.807, 2.05) is 0 Å². The fraction of sp³-hybridized carbons (Fsp3) is 0.846. The average Bonchev–Trinajstić information content (AvgIpc) is 2.44. The van der Waals surface area contributed by atoms with Crippen molar-refractivity contribution in [1.29, 1.82) is 0 Å². The summed E-state index contributed by atoms with van der Waals surface area (Å²) in [5.74, 6) is -0.214. The van der Waals surface area contributed by atoms with Crippen LogP contribution in [0.15, 0.2) is 0 Å². The fourth-order valence-corrected chi connectivity index (χ4v) is 2.43. The van der Waals surface area contributed by atoms with Crippen LogP contribution in [0.5, 0.6) is 0 Å². The topological polar surface area (TPSA) is 73.5 Å². The number of nitrogens with one attached hydrogen (secondary N) is 3. The van der Waals surface area contributed by atoms with E-state index >= 15 is 0 Å². The van der Waals surface area contributed by atoms with Crippen LogP contribution >= 0.6 is 12.4 Å². The normalized spacial score (nSPS) is 15.6. The molecule has 1 aliphatic heterocycles. The Morgan fingerprint density at radius 3 is 2.45 bits per heavy atom. The SMILES string of the molecule is CCCN(CCC(=O)NC(=O)NC)C1CCNCC1.Cl. The van der Waals surface area contributed by atoms with Crippen molar-refractivity contribution < 1.29 is 9.59 Å². The molecule has 7 heteroatoms. The summed E-state index contributed by atoms with van der Waals surface area (Å²) in [6, 6.07) is 0.128. The molecule has 0 aromatic heterocycles. The minimum atomic E-state index is -0.436. The number of rotatable bonds is 6. The Morgan fingerprint density at radius 2 is 1.90 bits per heavy atom. The van der Waals surface area contributed by atoms with Crippen LogP contribution in [-0.4, -0.2) is 56.1 Å². The number of imide groups is 1. The van der Waals surface area contributed by atoms with E-state index < -0.39 is 6.03 Å². The minimum absolute atomic E-state index is 0. The largest absolute Gasteiger partial charge is 0.341 e. The van der Waals surface area contributed by atoms with Gasteiger partial charge in [-0.05, 0) is 38.9 Å². The van der Waals surface area contributed by atoms with E-state index in [1.54, 1.807) is 0 Å². The molecule has 0 aliphatic carbocycles. The maximum Gasteiger partial charge on any atom is 0.321 e. The van der Waals surface area contributed by atoms with Crippen LogP contribution in [0.2, 0.25) is 0 Å². The van der Waals surface area contributed by atoms with Crippen LogP contribution in [0, 0.1) is 0 Å². The first-order valence-corrected chi connectivity index (χ1v) is 7.13. The van der Waals surface area contributed by atoms with Crippen molar-refractivity contribution in [3.05, 3.63) is 0 Å². The molecule has 1 aliphatic rings. The first-order chi connectivity index (χ1) is 9.17. The van der Waals surface area contributed by atoms with Crippen LogP contribution in [-0.2, 0) is 4.79 Å². The lowest BCUT2D eigenvalue weighted by Crippen LogP contribution is -2.45. The van der Waals surface area contributed by atoms with Gasteiger partial charge in [-0.2, -0.15) is 0 Å². The first-order valence-electron chi connectivity index (χ1n) is 7.13. The summed E-state index contributed by atoms with van der Waals surface area (Å²) in [6.07, 6.45) is 3.73. The Kier molecular flexibility index (Phi) is 10.4. The third-order valence-electron chi connectivity index (χ3n) is 3.44. The Hall–Kier alpha value is -0.850. The lowest BCUT2D eigenvalue weighted by atomic mass is 10.0. The van der Waals surface area contributed by atoms with Crippen LogP contribution in [0.25, 0.3) is 0 Å². The molecule has 0 radical (unpaired) electrons. The smallest absolute Gasteiger partial charge is 0.321 e. The predicted molar refractivity (Wildman–Crippen MR) is 82.2 cm³/mol. The number of carbonyl (C=O) groups excluding carboxylic acids is 2. The molecule has 0 atom stereocenters. The van der Waals surface area contributed by atoms with Crippen LogP contribution < -0.4 is 16.0 Å². The van der Waals surface area contributed by atoms with Gasteiger partial charge in [0, 0.05) is 26.1 Å². The standard InChI is InChI=1S/C13H26N4O2.ClH/c1-3-9-17(11-4-7-15-8-5-11)10-6-12(18)16-13(19)14-2;/h11,15H,3-10H2,1-2H3,(H2,14,16,18,19);1H. The lowest BCUT2D eigenvalue weighted by molar-refractivity contribution is -0.120. The molecular weight excluding hydrogens is 280 g/mol. The van der Waals surface area contributed by atoms with E-state index in [1.165, 1.54) is 7.05 Å². The Morgan fingerprint density at radius 1 is 1.25 bits per heavy atom. The van der Waals surface area contributed by atoms with Gasteiger partial charge < -0.3 is 10.6 Å². The molecule has 1 fully saturated rings. The number of hydrogen-bond acceptors (Lipinski definition) is 4. The highest BCUT2D eigenvalue weighted by Gasteiger charge is 2.20. The maximum atomic E-state index is 11.6. The Balaban J connectivity index is 0.00000361. The van der Waals surface area contributed by atoms with Crippen LogP contribution in [0.3, 0.4) is 0 Å². The summed E-state index contributed by atoms with van der Waals surface area (Å²) < 4.78 is 0. The van der Waals surface area contributed by atoms with Crippen molar-refractivity contribution in [1.82, 2.24) is 20.9 Å². The van der Waals surface area contributed by atoms with Crippen molar-refractivity contribution in [2.45, 2.75) is 38.6 Å². The van der Waals surface area contributed by atoms with Gasteiger partial charge in [-0.15, -0.1) is 12.4 Å². The van der Waals surface area contributed by atoms with Crippen LogP contribution in [0.4, 0.5) is 4.79 Å². The summed E-state index contributed by atoms with van der Waals surface area (Å²) in [5, 5.41) is 8.03. The van der Waals surface area contributed by atoms with Gasteiger partial charge in [0.2, 0.25) is 5.91 Å². The molecule has 0 spiro atoms. The molecule has 0 bridgehead atoms. The predicted octanol–water partition coefficient (Wildman–Crippen LogP) is 0.718. The van der Waals surface area contributed by atoms with Crippen molar-refractivity contribution >= 4 is 24.3 Å². The zero-order valence-electron chi connectivity index (χ0n) is 12.4. The van der Waals surface area contributed by atoms with Gasteiger partial charge in [0.15, 0.2) is 0 Å². The van der Waals surface area contributed by atoms with E-state index in [9.17, 15) is 9.59 Å². The van der Waals surface area contributed by atoms with Crippen molar-refractivity contribution in [2.24, 2.45) is 0 Å². The van der Waals surface area contributed by atoms with E-state index in [-0.39, 0.29) is 18.3 Å². The summed E-state index contributed by atoms with van der Waals surface area (Å²) in [4.78, 5) is 25.0. The van der Waals surface area contributed by atoms with Crippen molar-refractivity contribution in [2.75, 3.05) is 33.2 Å². The zero-order chi connectivity index (χ0) is 14.1. The summed E-state index contributed by atoms with van der Waals surface area (Å²) in [6.45, 7) is 5.99. The van der Waals surface area contributed by atoms with Gasteiger partial charge in [0.25, 0.3) is 0 Å². The maximum absolute atomic E-state index is 11.6. The minimum Gasteiger partial charge on any atom is -0.341 e. The van der Waals surface area contributed by atoms with E-state index in [0.717, 1.165) is 45.4 Å². The van der Waals surface area contributed by atoms with Gasteiger partial charge in [-0.3, -0.25) is 15.0 Å². The number of halogens is 1. The molecule has 20 heavy (non-hydrogen) atoms. The van der Waals surface area contributed by atoms with Gasteiger partial charge in [-0.25, -0.2) is 4.79 Å². The highest BCUT2D eigenvalue weighted by atomic mass is 35.5. The van der Waals surface area contributed by atoms with Gasteiger partial charge in [-0.1, -0.05) is 6.92 Å². The monoisotopic (exact) mass is 306 g/mol. The first kappa shape index (κ1) is 19.1. The third-order valence-corrected chi connectivity index (χ3v) is 3.44. The summed E-state index contributed by atoms with van der Waals surface area (Å²) in [7, 11) is 1.50. The van der Waals surface area contributed by atoms with Crippen LogP contribution in [0.1, 0.15) is 32.6 Å². The number of urea groups is 1. The number of amides is 3. The molecule has 0 aromatic rings. The molecule has 0 saturated carbocycles. The average molecular weight is 307 g/mol. The second-order valence-corrected chi connectivity index (χ2v) is 4.89. The molecular formula is C13H27ClN4O2. The summed E-state index contributed by atoms with van der Waals surface area (Å²) in [5.41, 5.74) is 0. The van der Waals surface area contributed by atoms with E-state index in [4.69, 9.17) is 0 Å². The Bertz CT molecular complexity index is 296. The number of carbonyl (C=O) groups is 2. The fourth-order valence-electron chi connectivity index (χ4n) is 2.43. The van der Waals surface area contributed by atoms with Gasteiger partial charge in [0.05, 0.1) is 0 Å². The number of nitrogens with zero attached hydrogens (tertiary/aromatic N) is 1. The lowest BCUT2D eigenvalue weighted by Gasteiger charge is -2.34. The van der Waals surface area contributed by atoms with E-state index in [2.05, 4.69) is 27.8 Å². The Labute approximate surface area is 127 Å². The molecule has 3 amide bonds. The molecule has 6 nitrogen and oxygen atoms in total. The zero-order valence-corrected chi connectivity index (χ0v) is 13.2. The van der Waals surface area contributed by atoms with Gasteiger partial charge >= 0.3 is 6.03 Å². The van der Waals surface area contributed by atoms with Crippen molar-refractivity contribution in [3.63, 3.8) is 0 Å². The summed E-state index contributed by atoms with van der Waals surface area (Å²) >= 11 is 0. The second kappa shape index (κ2) is 10.9. The number of piperidine rings is 1. The van der Waals surface area contributed by atoms with Crippen molar-refractivity contribution in [3.8, 4) is 0 Å². The molecule has 0 aromatic carbocycles.